The average molecular weight is 359 g/mol. The molecule has 2 aliphatic heterocycles. The van der Waals surface area contributed by atoms with E-state index in [2.05, 4.69) is 10.6 Å². The number of hydrogen-bond donors (Lipinski definition) is 2. The van der Waals surface area contributed by atoms with Crippen molar-refractivity contribution in [2.24, 2.45) is 5.92 Å². The number of benzene rings is 1. The zero-order chi connectivity index (χ0) is 15.7. The maximum absolute atomic E-state index is 12.4. The number of rotatable bonds is 4. The fraction of sp³-hybridized carbons (Fsp3) is 0.588. The molecule has 4 nitrogen and oxygen atoms in total. The van der Waals surface area contributed by atoms with Gasteiger partial charge in [-0.25, -0.2) is 0 Å². The number of aryl methyl sites for hydroxylation is 1. The highest BCUT2D eigenvalue weighted by molar-refractivity contribution is 6.31. The van der Waals surface area contributed by atoms with Crippen molar-refractivity contribution >= 4 is 35.6 Å². The molecular weight excluding hydrogens is 335 g/mol. The molecular formula is C17H24Cl2N2O2. The van der Waals surface area contributed by atoms with Crippen LogP contribution in [0.4, 0.5) is 5.69 Å². The molecule has 2 unspecified atom stereocenters. The Hall–Kier alpha value is -0.970. The molecule has 0 saturated carbocycles. The van der Waals surface area contributed by atoms with E-state index < -0.39 is 0 Å². The molecule has 1 amide bonds. The molecule has 2 N–H and O–H groups in total. The fourth-order valence-electron chi connectivity index (χ4n) is 3.74. The number of amides is 1. The first-order chi connectivity index (χ1) is 10.5. The Labute approximate surface area is 148 Å². The quantitative estimate of drug-likeness (QED) is 0.856. The molecule has 0 aliphatic carbocycles. The van der Waals surface area contributed by atoms with Crippen LogP contribution in [0.15, 0.2) is 12.1 Å². The van der Waals surface area contributed by atoms with Crippen molar-refractivity contribution in [2.75, 3.05) is 12.4 Å². The van der Waals surface area contributed by atoms with Crippen molar-refractivity contribution in [2.45, 2.75) is 51.1 Å². The van der Waals surface area contributed by atoms with E-state index >= 15 is 0 Å². The Morgan fingerprint density at radius 2 is 2.00 bits per heavy atom. The summed E-state index contributed by atoms with van der Waals surface area (Å²) in [6.45, 7) is 1.92. The molecule has 6 heteroatoms. The lowest BCUT2D eigenvalue weighted by Gasteiger charge is -2.28. The van der Waals surface area contributed by atoms with E-state index in [1.165, 1.54) is 12.8 Å². The molecule has 1 aromatic carbocycles. The van der Waals surface area contributed by atoms with E-state index in [0.717, 1.165) is 18.4 Å². The number of carbonyl (C=O) groups excluding carboxylic acids is 1. The van der Waals surface area contributed by atoms with Gasteiger partial charge in [-0.05, 0) is 50.2 Å². The van der Waals surface area contributed by atoms with Crippen molar-refractivity contribution in [3.8, 4) is 5.75 Å². The summed E-state index contributed by atoms with van der Waals surface area (Å²) < 4.78 is 5.31. The molecule has 0 spiro atoms. The Morgan fingerprint density at radius 3 is 2.61 bits per heavy atom. The molecule has 2 heterocycles. The Morgan fingerprint density at radius 1 is 1.35 bits per heavy atom. The van der Waals surface area contributed by atoms with Gasteiger partial charge in [0.1, 0.15) is 5.75 Å². The van der Waals surface area contributed by atoms with Crippen LogP contribution < -0.4 is 15.4 Å². The predicted octanol–water partition coefficient (Wildman–Crippen LogP) is 3.94. The average Bonchev–Trinajstić information content (AvgIpc) is 2.81. The minimum Gasteiger partial charge on any atom is -0.495 e. The van der Waals surface area contributed by atoms with Gasteiger partial charge in [0.25, 0.3) is 0 Å². The standard InChI is InChI=1S/C17H23ClN2O2.ClH/c1-10-5-15(16(22-2)9-14(10)18)20-17(21)8-11-6-12-3-4-13(7-11)19-12;/h5,9,11-13,19H,3-4,6-8H2,1-2H3,(H,20,21);1H. The number of hydrogen-bond acceptors (Lipinski definition) is 3. The van der Waals surface area contributed by atoms with E-state index in [9.17, 15) is 4.79 Å². The highest BCUT2D eigenvalue weighted by atomic mass is 35.5. The molecule has 2 bridgehead atoms. The summed E-state index contributed by atoms with van der Waals surface area (Å²) in [5, 5.41) is 7.24. The number of methoxy groups -OCH3 is 1. The second-order valence-corrected chi connectivity index (χ2v) is 6.94. The summed E-state index contributed by atoms with van der Waals surface area (Å²) in [6, 6.07) is 4.84. The number of halogens is 2. The largest absolute Gasteiger partial charge is 0.495 e. The van der Waals surface area contributed by atoms with Gasteiger partial charge in [-0.15, -0.1) is 12.4 Å². The van der Waals surface area contributed by atoms with E-state index in [4.69, 9.17) is 16.3 Å². The number of nitrogens with one attached hydrogen (secondary N) is 2. The van der Waals surface area contributed by atoms with Gasteiger partial charge in [-0.1, -0.05) is 11.6 Å². The minimum atomic E-state index is 0. The SMILES string of the molecule is COc1cc(Cl)c(C)cc1NC(=O)CC1CC2CCC(C1)N2.Cl. The zero-order valence-corrected chi connectivity index (χ0v) is 15.1. The van der Waals surface area contributed by atoms with Crippen molar-refractivity contribution < 1.29 is 9.53 Å². The van der Waals surface area contributed by atoms with Crippen LogP contribution in [0.1, 0.15) is 37.7 Å². The molecule has 0 aromatic heterocycles. The summed E-state index contributed by atoms with van der Waals surface area (Å²) in [4.78, 5) is 12.4. The van der Waals surface area contributed by atoms with E-state index in [1.807, 2.05) is 13.0 Å². The van der Waals surface area contributed by atoms with Crippen LogP contribution in [0, 0.1) is 12.8 Å². The fourth-order valence-corrected chi connectivity index (χ4v) is 3.89. The third-order valence-corrected chi connectivity index (χ3v) is 5.21. The molecule has 128 valence electrons. The summed E-state index contributed by atoms with van der Waals surface area (Å²) in [6.07, 6.45) is 5.32. The molecule has 0 radical (unpaired) electrons. The first-order valence-corrected chi connectivity index (χ1v) is 8.33. The summed E-state index contributed by atoms with van der Waals surface area (Å²) in [5.74, 6) is 1.15. The lowest BCUT2D eigenvalue weighted by Crippen LogP contribution is -2.39. The Bertz CT molecular complexity index is 568. The van der Waals surface area contributed by atoms with Gasteiger partial charge in [0, 0.05) is 29.6 Å². The topological polar surface area (TPSA) is 50.4 Å². The first-order valence-electron chi connectivity index (χ1n) is 7.95. The summed E-state index contributed by atoms with van der Waals surface area (Å²) in [7, 11) is 1.58. The number of anilines is 1. The maximum atomic E-state index is 12.4. The van der Waals surface area contributed by atoms with Crippen LogP contribution in [0.25, 0.3) is 0 Å². The molecule has 2 fully saturated rings. The third kappa shape index (κ3) is 4.31. The van der Waals surface area contributed by atoms with Gasteiger partial charge in [0.2, 0.25) is 5.91 Å². The highest BCUT2D eigenvalue weighted by Gasteiger charge is 2.34. The Balaban J connectivity index is 0.00000192. The number of ether oxygens (including phenoxy) is 1. The molecule has 2 saturated heterocycles. The van der Waals surface area contributed by atoms with Crippen LogP contribution in [0.2, 0.25) is 5.02 Å². The second-order valence-electron chi connectivity index (χ2n) is 6.53. The van der Waals surface area contributed by atoms with Crippen LogP contribution in [-0.4, -0.2) is 25.1 Å². The number of fused-ring (bicyclic) bond motifs is 2. The van der Waals surface area contributed by atoms with Gasteiger partial charge >= 0.3 is 0 Å². The van der Waals surface area contributed by atoms with Gasteiger partial charge in [0.15, 0.2) is 0 Å². The Kier molecular flexibility index (Phi) is 6.18. The molecule has 2 atom stereocenters. The van der Waals surface area contributed by atoms with Crippen LogP contribution in [0.5, 0.6) is 5.75 Å². The van der Waals surface area contributed by atoms with Crippen molar-refractivity contribution in [3.05, 3.63) is 22.7 Å². The van der Waals surface area contributed by atoms with Crippen molar-refractivity contribution in [1.82, 2.24) is 5.32 Å². The predicted molar refractivity (Wildman–Crippen MR) is 95.9 cm³/mol. The van der Waals surface area contributed by atoms with Crippen LogP contribution in [-0.2, 0) is 4.79 Å². The molecule has 2 aliphatic rings. The number of piperidine rings is 1. The molecule has 23 heavy (non-hydrogen) atoms. The zero-order valence-electron chi connectivity index (χ0n) is 13.5. The molecule has 1 aromatic rings. The van der Waals surface area contributed by atoms with Crippen LogP contribution in [0.3, 0.4) is 0 Å². The monoisotopic (exact) mass is 358 g/mol. The van der Waals surface area contributed by atoms with E-state index in [0.29, 0.717) is 40.9 Å². The van der Waals surface area contributed by atoms with Crippen molar-refractivity contribution in [3.63, 3.8) is 0 Å². The van der Waals surface area contributed by atoms with E-state index in [1.54, 1.807) is 13.2 Å². The van der Waals surface area contributed by atoms with Crippen molar-refractivity contribution in [1.29, 1.82) is 0 Å². The lowest BCUT2D eigenvalue weighted by molar-refractivity contribution is -0.117. The lowest BCUT2D eigenvalue weighted by atomic mass is 9.89. The maximum Gasteiger partial charge on any atom is 0.224 e. The summed E-state index contributed by atoms with van der Waals surface area (Å²) in [5.41, 5.74) is 1.63. The normalized spacial score (nSPS) is 25.6. The van der Waals surface area contributed by atoms with Gasteiger partial charge in [0.05, 0.1) is 12.8 Å². The smallest absolute Gasteiger partial charge is 0.224 e. The first kappa shape index (κ1) is 18.4. The second kappa shape index (κ2) is 7.73. The van der Waals surface area contributed by atoms with Gasteiger partial charge in [-0.2, -0.15) is 0 Å². The third-order valence-electron chi connectivity index (χ3n) is 4.80. The van der Waals surface area contributed by atoms with E-state index in [-0.39, 0.29) is 18.3 Å². The van der Waals surface area contributed by atoms with Crippen LogP contribution >= 0.6 is 24.0 Å². The van der Waals surface area contributed by atoms with Gasteiger partial charge < -0.3 is 15.4 Å². The molecule has 3 rings (SSSR count). The minimum absolute atomic E-state index is 0. The summed E-state index contributed by atoms with van der Waals surface area (Å²) >= 11 is 6.10. The highest BCUT2D eigenvalue weighted by Crippen LogP contribution is 2.34. The number of carbonyl (C=O) groups is 1. The van der Waals surface area contributed by atoms with Gasteiger partial charge in [-0.3, -0.25) is 4.79 Å².